The van der Waals surface area contributed by atoms with Crippen molar-refractivity contribution in [2.75, 3.05) is 0 Å². The summed E-state index contributed by atoms with van der Waals surface area (Å²) in [5.74, 6) is 0. The van der Waals surface area contributed by atoms with E-state index in [9.17, 15) is 4.32 Å². The summed E-state index contributed by atoms with van der Waals surface area (Å²) in [5.41, 5.74) is 0. The predicted molar refractivity (Wildman–Crippen MR) is 26.7 cm³/mol. The van der Waals surface area contributed by atoms with Crippen LogP contribution in [0.5, 0.6) is 0 Å². The molecule has 0 aliphatic carbocycles. The molecule has 0 N–H and O–H groups in total. The summed E-state index contributed by atoms with van der Waals surface area (Å²) < 4.78 is 17.4. The number of hydrogen-bond donors (Lipinski definition) is 0. The van der Waals surface area contributed by atoms with Crippen molar-refractivity contribution in [1.82, 2.24) is 0 Å². The van der Waals surface area contributed by atoms with Gasteiger partial charge in [-0.3, -0.25) is 8.28 Å². The molecule has 0 aromatic carbocycles. The van der Waals surface area contributed by atoms with Gasteiger partial charge in [0.1, 0.15) is 0 Å². The minimum atomic E-state index is -1.41. The van der Waals surface area contributed by atoms with Crippen LogP contribution in [0, 0.1) is 0 Å². The first-order chi connectivity index (χ1) is 2.77. The molecule has 1 atom stereocenters. The molecular weight excluding hydrogens is 89.3 g/mol. The van der Waals surface area contributed by atoms with Gasteiger partial charge in [0.15, 0.2) is 0 Å². The Balaban J connectivity index is 0. The maximum absolute atomic E-state index is 10.9. The standard InChI is InChI=1S/B3FHP.Li/c1-5-3-2-4;/h5H;/q-1;+1/i5D;. The summed E-state index contributed by atoms with van der Waals surface area (Å²) in [6.07, 6.45) is 0. The molecule has 5 radical (unpaired) electrons. The van der Waals surface area contributed by atoms with E-state index in [1.807, 2.05) is 0 Å². The summed E-state index contributed by atoms with van der Waals surface area (Å²) in [4.78, 5) is 0. The first-order valence-corrected chi connectivity index (χ1v) is 2.10. The largest absolute Gasteiger partial charge is 1.00 e. The summed E-state index contributed by atoms with van der Waals surface area (Å²) in [6, 6.07) is 0. The van der Waals surface area contributed by atoms with Gasteiger partial charge in [0.25, 0.3) is 0 Å². The Kier molecular flexibility index (Phi) is 11.3. The van der Waals surface area contributed by atoms with Crippen LogP contribution in [0.4, 0.5) is 4.32 Å². The third kappa shape index (κ3) is 8.94. The Labute approximate surface area is 55.1 Å². The van der Waals surface area contributed by atoms with Gasteiger partial charge in [0, 0.05) is 1.28 Å². The number of hydrogen-bond acceptors (Lipinski definition) is 0. The Morgan fingerprint density at radius 2 is 2.67 bits per heavy atom. The molecule has 0 spiro atoms. The zero-order chi connectivity index (χ0) is 4.99. The van der Waals surface area contributed by atoms with E-state index in [0.29, 0.717) is 7.45 Å². The first kappa shape index (κ1) is 7.15. The average Bonchev–Trinajstić information content (AvgIpc) is 1.35. The van der Waals surface area contributed by atoms with Crippen LogP contribution in [-0.2, 0) is 0 Å². The molecule has 6 heavy (non-hydrogen) atoms. The fourth-order valence-corrected chi connectivity index (χ4v) is 0.0976. The molecule has 0 aliphatic heterocycles. The summed E-state index contributed by atoms with van der Waals surface area (Å²) in [5, 5.41) is 0. The van der Waals surface area contributed by atoms with Gasteiger partial charge in [0.2, 0.25) is 0 Å². The molecule has 0 fully saturated rings. The summed E-state index contributed by atoms with van der Waals surface area (Å²) in [7, 11) is 3.69. The monoisotopic (exact) mass is 92.0 g/mol. The molecule has 0 rings (SSSR count). The van der Waals surface area contributed by atoms with E-state index in [4.69, 9.17) is 8.84 Å². The van der Waals surface area contributed by atoms with Crippen LogP contribution in [-0.4, -0.2) is 23.2 Å². The van der Waals surface area contributed by atoms with Gasteiger partial charge < -0.3 is 4.32 Å². The molecule has 0 amide bonds. The van der Waals surface area contributed by atoms with Crippen molar-refractivity contribution >= 4 is 30.2 Å². The average molecular weight is 91.4 g/mol. The Morgan fingerprint density at radius 1 is 2.17 bits per heavy atom. The van der Waals surface area contributed by atoms with Crippen molar-refractivity contribution in [2.24, 2.45) is 0 Å². The predicted octanol–water partition coefficient (Wildman–Crippen LogP) is -3.12. The molecule has 1 unspecified atom stereocenters. The molecule has 0 aliphatic rings. The van der Waals surface area contributed by atoms with Crippen LogP contribution in [0.2, 0.25) is 0 Å². The van der Waals surface area contributed by atoms with Crippen molar-refractivity contribution in [3.63, 3.8) is 0 Å². The van der Waals surface area contributed by atoms with Crippen molar-refractivity contribution in [2.45, 2.75) is 0 Å². The third-order valence-corrected chi connectivity index (χ3v) is 0.427. The number of rotatable bonds is 2. The molecule has 6 heteroatoms. The van der Waals surface area contributed by atoms with Crippen molar-refractivity contribution in [3.05, 3.63) is 0 Å². The molecule has 0 heterocycles. The molecular formula is HB3FLiP. The van der Waals surface area contributed by atoms with E-state index in [1.165, 1.54) is 0 Å². The van der Waals surface area contributed by atoms with Crippen LogP contribution in [0.25, 0.3) is 0 Å². The summed E-state index contributed by atoms with van der Waals surface area (Å²) in [6.45, 7) is 1.01. The fraction of sp³-hybridized carbons (Fsp3) is 0. The first-order valence-electron chi connectivity index (χ1n) is 1.52. The summed E-state index contributed by atoms with van der Waals surface area (Å²) >= 11 is 0. The molecule has 0 saturated heterocycles. The van der Waals surface area contributed by atoms with Crippen molar-refractivity contribution in [1.29, 1.82) is 1.28 Å². The fourth-order valence-electron chi connectivity index (χ4n) is 0.0325. The number of halogens is 1. The maximum atomic E-state index is 10.9. The second-order valence-corrected chi connectivity index (χ2v) is 1.02. The zero-order valence-electron chi connectivity index (χ0n) is 4.56. The van der Waals surface area contributed by atoms with E-state index < -0.39 is 8.28 Å². The quantitative estimate of drug-likeness (QED) is 0.249. The molecule has 0 saturated carbocycles. The topological polar surface area (TPSA) is 0 Å². The molecule has 0 aromatic heterocycles. The molecule has 0 nitrogen and oxygen atoms in total. The minimum Gasteiger partial charge on any atom is -0.608 e. The Bertz CT molecular complexity index is 36.1. The second kappa shape index (κ2) is 9.47. The Morgan fingerprint density at radius 3 is 2.67 bits per heavy atom. The van der Waals surface area contributed by atoms with Crippen molar-refractivity contribution in [3.8, 4) is 0 Å². The van der Waals surface area contributed by atoms with Gasteiger partial charge in [-0.2, -0.15) is 0 Å². The van der Waals surface area contributed by atoms with Gasteiger partial charge in [-0.25, -0.2) is 0 Å². The van der Waals surface area contributed by atoms with E-state index in [1.54, 1.807) is 0 Å². The van der Waals surface area contributed by atoms with E-state index in [0.717, 1.165) is 6.89 Å². The molecule has 0 aromatic rings. The van der Waals surface area contributed by atoms with Gasteiger partial charge in [-0.05, 0) is 0 Å². The van der Waals surface area contributed by atoms with Gasteiger partial charge in [0.05, 0.1) is 7.57 Å². The van der Waals surface area contributed by atoms with Crippen LogP contribution in [0.3, 0.4) is 0 Å². The Hall–Kier alpha value is 1.15. The van der Waals surface area contributed by atoms with Crippen molar-refractivity contribution < 1.29 is 23.2 Å². The van der Waals surface area contributed by atoms with Gasteiger partial charge in [-0.1, -0.05) is 0 Å². The van der Waals surface area contributed by atoms with Crippen LogP contribution in [0.1, 0.15) is 0 Å². The van der Waals surface area contributed by atoms with Gasteiger partial charge in [-0.15, -0.1) is 14.3 Å². The van der Waals surface area contributed by atoms with Crippen LogP contribution < -0.4 is 18.9 Å². The van der Waals surface area contributed by atoms with Crippen LogP contribution >= 0.6 is 8.28 Å². The second-order valence-electron chi connectivity index (χ2n) is 0.424. The minimum absolute atomic E-state index is 0. The van der Waals surface area contributed by atoms with Crippen LogP contribution in [0.15, 0.2) is 0 Å². The van der Waals surface area contributed by atoms with E-state index in [-0.39, 0.29) is 18.9 Å². The third-order valence-electron chi connectivity index (χ3n) is 0.142. The SMILES string of the molecule is [2H]P([B])[B][B-]F.[Li+]. The molecule has 0 bridgehead atoms. The van der Waals surface area contributed by atoms with Gasteiger partial charge >= 0.3 is 18.9 Å². The van der Waals surface area contributed by atoms with E-state index in [2.05, 4.69) is 0 Å². The molecule has 23 valence electrons. The maximum Gasteiger partial charge on any atom is 1.00 e. The smallest absolute Gasteiger partial charge is 0.608 e. The zero-order valence-corrected chi connectivity index (χ0v) is 4.45. The van der Waals surface area contributed by atoms with E-state index >= 15 is 0 Å². The normalized spacial score (nSPS) is 13.8.